The van der Waals surface area contributed by atoms with Gasteiger partial charge in [0.2, 0.25) is 0 Å². The first-order chi connectivity index (χ1) is 12.0. The van der Waals surface area contributed by atoms with E-state index in [9.17, 15) is 0 Å². The number of nitrogens with zero attached hydrogens (tertiary/aromatic N) is 1. The van der Waals surface area contributed by atoms with E-state index >= 15 is 0 Å². The van der Waals surface area contributed by atoms with Gasteiger partial charge >= 0.3 is 0 Å². The molecule has 1 N–H and O–H groups in total. The van der Waals surface area contributed by atoms with Crippen molar-refractivity contribution in [1.29, 1.82) is 0 Å². The Morgan fingerprint density at radius 2 is 1.84 bits per heavy atom. The van der Waals surface area contributed by atoms with Gasteiger partial charge in [0, 0.05) is 18.0 Å². The van der Waals surface area contributed by atoms with Crippen molar-refractivity contribution in [1.82, 2.24) is 4.57 Å². The van der Waals surface area contributed by atoms with Gasteiger partial charge in [-0.05, 0) is 42.9 Å². The SMILES string of the molecule is CC(=O)O.CCc1c(C)n2c3c(cccc13)CCC2c1ccccc1. The number of carboxylic acids is 1. The quantitative estimate of drug-likeness (QED) is 0.704. The number of para-hydroxylation sites is 1. The summed E-state index contributed by atoms with van der Waals surface area (Å²) in [5, 5.41) is 8.88. The molecule has 0 saturated carbocycles. The molecule has 3 heteroatoms. The summed E-state index contributed by atoms with van der Waals surface area (Å²) in [5.74, 6) is -0.833. The van der Waals surface area contributed by atoms with Crippen molar-refractivity contribution >= 4 is 16.9 Å². The molecule has 0 bridgehead atoms. The molecule has 1 aromatic heterocycles. The first-order valence-corrected chi connectivity index (χ1v) is 8.90. The minimum Gasteiger partial charge on any atom is -0.481 e. The Hall–Kier alpha value is -2.55. The van der Waals surface area contributed by atoms with Gasteiger partial charge in [0.1, 0.15) is 0 Å². The van der Waals surface area contributed by atoms with E-state index in [-0.39, 0.29) is 0 Å². The highest BCUT2D eigenvalue weighted by Crippen LogP contribution is 2.39. The summed E-state index contributed by atoms with van der Waals surface area (Å²) in [7, 11) is 0. The Balaban J connectivity index is 0.000000415. The number of hydrogen-bond acceptors (Lipinski definition) is 1. The summed E-state index contributed by atoms with van der Waals surface area (Å²) in [5.41, 5.74) is 7.41. The van der Waals surface area contributed by atoms with E-state index in [1.54, 1.807) is 0 Å². The van der Waals surface area contributed by atoms with Gasteiger partial charge in [0.25, 0.3) is 5.97 Å². The van der Waals surface area contributed by atoms with E-state index in [1.807, 2.05) is 0 Å². The molecular weight excluding hydrogens is 310 g/mol. The topological polar surface area (TPSA) is 42.2 Å². The number of rotatable bonds is 2. The number of aromatic nitrogens is 1. The monoisotopic (exact) mass is 335 g/mol. The highest BCUT2D eigenvalue weighted by molar-refractivity contribution is 5.89. The molecule has 4 rings (SSSR count). The number of carboxylic acid groups (broad SMARTS) is 1. The lowest BCUT2D eigenvalue weighted by Crippen LogP contribution is -2.18. The molecule has 3 nitrogen and oxygen atoms in total. The molecule has 1 aliphatic heterocycles. The Bertz CT molecular complexity index is 889. The van der Waals surface area contributed by atoms with Crippen molar-refractivity contribution < 1.29 is 9.90 Å². The molecule has 0 radical (unpaired) electrons. The van der Waals surface area contributed by atoms with E-state index in [4.69, 9.17) is 9.90 Å². The van der Waals surface area contributed by atoms with Gasteiger partial charge < -0.3 is 9.67 Å². The maximum Gasteiger partial charge on any atom is 0.300 e. The van der Waals surface area contributed by atoms with Crippen LogP contribution in [0, 0.1) is 6.92 Å². The fraction of sp³-hybridized carbons (Fsp3) is 0.318. The largest absolute Gasteiger partial charge is 0.481 e. The maximum absolute atomic E-state index is 9.00. The van der Waals surface area contributed by atoms with Crippen molar-refractivity contribution in [3.05, 3.63) is 70.9 Å². The minimum absolute atomic E-state index is 0.490. The number of benzene rings is 2. The summed E-state index contributed by atoms with van der Waals surface area (Å²) in [6, 6.07) is 18.3. The highest BCUT2D eigenvalue weighted by atomic mass is 16.4. The smallest absolute Gasteiger partial charge is 0.300 e. The van der Waals surface area contributed by atoms with Gasteiger partial charge in [-0.2, -0.15) is 0 Å². The van der Waals surface area contributed by atoms with E-state index in [0.29, 0.717) is 6.04 Å². The molecule has 130 valence electrons. The summed E-state index contributed by atoms with van der Waals surface area (Å²) in [6.45, 7) is 5.65. The van der Waals surface area contributed by atoms with E-state index in [0.717, 1.165) is 13.3 Å². The summed E-state index contributed by atoms with van der Waals surface area (Å²) >= 11 is 0. The third-order valence-corrected chi connectivity index (χ3v) is 5.02. The first kappa shape index (κ1) is 17.3. The normalized spacial score (nSPS) is 15.6. The summed E-state index contributed by atoms with van der Waals surface area (Å²) in [4.78, 5) is 9.00. The van der Waals surface area contributed by atoms with Crippen LogP contribution in [0.15, 0.2) is 48.5 Å². The molecule has 0 fully saturated rings. The molecule has 2 heterocycles. The molecule has 0 spiro atoms. The van der Waals surface area contributed by atoms with E-state index in [1.165, 1.54) is 46.1 Å². The second kappa shape index (κ2) is 7.14. The Morgan fingerprint density at radius 3 is 2.48 bits per heavy atom. The average molecular weight is 335 g/mol. The molecular formula is C22H25NO2. The predicted molar refractivity (Wildman–Crippen MR) is 102 cm³/mol. The second-order valence-corrected chi connectivity index (χ2v) is 6.58. The van der Waals surface area contributed by atoms with Crippen LogP contribution in [-0.4, -0.2) is 15.6 Å². The van der Waals surface area contributed by atoms with E-state index in [2.05, 4.69) is 66.9 Å². The zero-order valence-corrected chi connectivity index (χ0v) is 15.1. The van der Waals surface area contributed by atoms with Crippen LogP contribution in [-0.2, 0) is 17.6 Å². The summed E-state index contributed by atoms with van der Waals surface area (Å²) in [6.07, 6.45) is 3.50. The zero-order chi connectivity index (χ0) is 18.0. The van der Waals surface area contributed by atoms with Gasteiger partial charge in [-0.3, -0.25) is 4.79 Å². The molecule has 0 saturated heterocycles. The molecule has 0 amide bonds. The van der Waals surface area contributed by atoms with Crippen molar-refractivity contribution in [2.24, 2.45) is 0 Å². The van der Waals surface area contributed by atoms with Gasteiger partial charge in [-0.1, -0.05) is 55.5 Å². The second-order valence-electron chi connectivity index (χ2n) is 6.58. The Kier molecular flexibility index (Phi) is 4.93. The first-order valence-electron chi connectivity index (χ1n) is 8.90. The minimum atomic E-state index is -0.833. The van der Waals surface area contributed by atoms with Crippen molar-refractivity contribution in [3.8, 4) is 0 Å². The maximum atomic E-state index is 9.00. The molecule has 2 aromatic carbocycles. The molecule has 25 heavy (non-hydrogen) atoms. The van der Waals surface area contributed by atoms with Crippen LogP contribution in [0.5, 0.6) is 0 Å². The predicted octanol–water partition coefficient (Wildman–Crippen LogP) is 5.14. The number of hydrogen-bond donors (Lipinski definition) is 1. The molecule has 1 unspecified atom stereocenters. The lowest BCUT2D eigenvalue weighted by atomic mass is 9.94. The van der Waals surface area contributed by atoms with Crippen LogP contribution in [0.1, 0.15) is 48.7 Å². The Labute approximate surface area is 148 Å². The van der Waals surface area contributed by atoms with Crippen LogP contribution in [0.4, 0.5) is 0 Å². The van der Waals surface area contributed by atoms with Crippen LogP contribution in [0.2, 0.25) is 0 Å². The van der Waals surface area contributed by atoms with Crippen molar-refractivity contribution in [3.63, 3.8) is 0 Å². The fourth-order valence-corrected chi connectivity index (χ4v) is 4.08. The number of carbonyl (C=O) groups is 1. The van der Waals surface area contributed by atoms with Gasteiger partial charge in [-0.15, -0.1) is 0 Å². The zero-order valence-electron chi connectivity index (χ0n) is 15.1. The number of aliphatic carboxylic acids is 1. The molecule has 3 aromatic rings. The van der Waals surface area contributed by atoms with Crippen LogP contribution in [0.3, 0.4) is 0 Å². The van der Waals surface area contributed by atoms with Gasteiger partial charge in [0.15, 0.2) is 0 Å². The number of aryl methyl sites for hydroxylation is 2. The Morgan fingerprint density at radius 1 is 1.16 bits per heavy atom. The average Bonchev–Trinajstić information content (AvgIpc) is 2.90. The third kappa shape index (κ3) is 3.19. The molecule has 1 atom stereocenters. The van der Waals surface area contributed by atoms with Crippen LogP contribution >= 0.6 is 0 Å². The fourth-order valence-electron chi connectivity index (χ4n) is 4.08. The van der Waals surface area contributed by atoms with Crippen molar-refractivity contribution in [2.45, 2.75) is 46.1 Å². The van der Waals surface area contributed by atoms with Crippen molar-refractivity contribution in [2.75, 3.05) is 0 Å². The molecule has 0 aliphatic carbocycles. The lowest BCUT2D eigenvalue weighted by molar-refractivity contribution is -0.134. The van der Waals surface area contributed by atoms with Gasteiger partial charge in [-0.25, -0.2) is 0 Å². The van der Waals surface area contributed by atoms with Gasteiger partial charge in [0.05, 0.1) is 11.6 Å². The van der Waals surface area contributed by atoms with Crippen LogP contribution < -0.4 is 0 Å². The summed E-state index contributed by atoms with van der Waals surface area (Å²) < 4.78 is 2.60. The van der Waals surface area contributed by atoms with E-state index < -0.39 is 5.97 Å². The third-order valence-electron chi connectivity index (χ3n) is 5.02. The molecule has 1 aliphatic rings. The lowest BCUT2D eigenvalue weighted by Gasteiger charge is -2.28. The standard InChI is InChI=1S/C20H21N.C2H4O2/c1-3-17-14(2)21-19(15-8-5-4-6-9-15)13-12-16-10-7-11-18(17)20(16)21;1-2(3)4/h4-11,19H,3,12-13H2,1-2H3;1H3,(H,3,4). The van der Waals surface area contributed by atoms with Crippen LogP contribution in [0.25, 0.3) is 10.9 Å². The highest BCUT2D eigenvalue weighted by Gasteiger charge is 2.26.